The van der Waals surface area contributed by atoms with Crippen molar-refractivity contribution in [3.8, 4) is 0 Å². The van der Waals surface area contributed by atoms with Gasteiger partial charge in [0.1, 0.15) is 0 Å². The molecule has 3 heteroatoms. The third-order valence-electron chi connectivity index (χ3n) is 5.19. The first-order chi connectivity index (χ1) is 11.6. The van der Waals surface area contributed by atoms with Gasteiger partial charge in [0.25, 0.3) is 0 Å². The topological polar surface area (TPSA) is 46.5 Å². The van der Waals surface area contributed by atoms with E-state index in [1.165, 1.54) is 11.1 Å². The van der Waals surface area contributed by atoms with Crippen molar-refractivity contribution in [2.75, 3.05) is 13.7 Å². The molecule has 2 unspecified atom stereocenters. The Hall–Kier alpha value is -1.09. The van der Waals surface area contributed by atoms with Crippen LogP contribution in [0.3, 0.4) is 0 Å². The number of hydrogen-bond donors (Lipinski definition) is 1. The predicted molar refractivity (Wildman–Crippen MR) is 100 cm³/mol. The van der Waals surface area contributed by atoms with Crippen LogP contribution in [0.15, 0.2) is 23.3 Å². The zero-order valence-corrected chi connectivity index (χ0v) is 16.1. The van der Waals surface area contributed by atoms with E-state index in [2.05, 4.69) is 32.9 Å². The molecule has 0 aliphatic heterocycles. The SMILES string of the molecule is CCCCC1=CC(CCC)(C(=O)O)C(CCOC)C(CCCC)=C1. The summed E-state index contributed by atoms with van der Waals surface area (Å²) in [4.78, 5) is 12.4. The second kappa shape index (κ2) is 10.7. The Labute approximate surface area is 148 Å². The largest absolute Gasteiger partial charge is 0.481 e. The molecule has 0 saturated heterocycles. The highest BCUT2D eigenvalue weighted by Crippen LogP contribution is 2.47. The summed E-state index contributed by atoms with van der Waals surface area (Å²) in [5.41, 5.74) is 1.81. The first-order valence-corrected chi connectivity index (χ1v) is 9.70. The maximum atomic E-state index is 12.4. The Morgan fingerprint density at radius 1 is 1.17 bits per heavy atom. The minimum absolute atomic E-state index is 0.0619. The maximum Gasteiger partial charge on any atom is 0.314 e. The summed E-state index contributed by atoms with van der Waals surface area (Å²) in [6, 6.07) is 0. The van der Waals surface area contributed by atoms with Gasteiger partial charge in [-0.1, -0.05) is 63.3 Å². The van der Waals surface area contributed by atoms with E-state index in [0.717, 1.165) is 51.4 Å². The lowest BCUT2D eigenvalue weighted by molar-refractivity contribution is -0.149. The number of carboxylic acid groups (broad SMARTS) is 1. The number of hydrogen-bond acceptors (Lipinski definition) is 2. The van der Waals surface area contributed by atoms with Gasteiger partial charge in [-0.25, -0.2) is 0 Å². The second-order valence-electron chi connectivity index (χ2n) is 7.08. The summed E-state index contributed by atoms with van der Waals surface area (Å²) in [5, 5.41) is 10.2. The number of aliphatic carboxylic acids is 1. The summed E-state index contributed by atoms with van der Waals surface area (Å²) in [6.07, 6.45) is 13.3. The molecule has 0 heterocycles. The molecular formula is C21H36O3. The number of unbranched alkanes of at least 4 members (excludes halogenated alkanes) is 2. The highest BCUT2D eigenvalue weighted by molar-refractivity contribution is 5.79. The Morgan fingerprint density at radius 3 is 2.38 bits per heavy atom. The van der Waals surface area contributed by atoms with Crippen LogP contribution in [0, 0.1) is 11.3 Å². The molecule has 0 radical (unpaired) electrons. The molecule has 0 aromatic carbocycles. The van der Waals surface area contributed by atoms with E-state index >= 15 is 0 Å². The molecule has 0 saturated carbocycles. The smallest absolute Gasteiger partial charge is 0.314 e. The van der Waals surface area contributed by atoms with Gasteiger partial charge in [-0.2, -0.15) is 0 Å². The van der Waals surface area contributed by atoms with Gasteiger partial charge in [0, 0.05) is 19.6 Å². The first-order valence-electron chi connectivity index (χ1n) is 9.70. The van der Waals surface area contributed by atoms with Gasteiger partial charge in [-0.05, 0) is 38.5 Å². The van der Waals surface area contributed by atoms with Crippen molar-refractivity contribution in [3.63, 3.8) is 0 Å². The average Bonchev–Trinajstić information content (AvgIpc) is 2.57. The van der Waals surface area contributed by atoms with Gasteiger partial charge >= 0.3 is 5.97 Å². The quantitative estimate of drug-likeness (QED) is 0.493. The van der Waals surface area contributed by atoms with E-state index in [1.54, 1.807) is 7.11 Å². The van der Waals surface area contributed by atoms with E-state index in [1.807, 2.05) is 0 Å². The number of rotatable bonds is 12. The van der Waals surface area contributed by atoms with Crippen LogP contribution < -0.4 is 0 Å². The lowest BCUT2D eigenvalue weighted by Gasteiger charge is -2.40. The number of carboxylic acids is 1. The summed E-state index contributed by atoms with van der Waals surface area (Å²) in [5.74, 6) is -0.603. The first kappa shape index (κ1) is 21.0. The molecule has 3 nitrogen and oxygen atoms in total. The van der Waals surface area contributed by atoms with Crippen LogP contribution in [0.1, 0.15) is 78.6 Å². The van der Waals surface area contributed by atoms with Crippen molar-refractivity contribution >= 4 is 5.97 Å². The molecule has 0 fully saturated rings. The minimum Gasteiger partial charge on any atom is -0.481 e. The van der Waals surface area contributed by atoms with Crippen molar-refractivity contribution in [1.29, 1.82) is 0 Å². The Bertz CT molecular complexity index is 450. The van der Waals surface area contributed by atoms with Gasteiger partial charge in [-0.3, -0.25) is 4.79 Å². The van der Waals surface area contributed by atoms with Crippen LogP contribution in [0.5, 0.6) is 0 Å². The fraction of sp³-hybridized carbons (Fsp3) is 0.762. The Balaban J connectivity index is 3.26. The van der Waals surface area contributed by atoms with Crippen LogP contribution >= 0.6 is 0 Å². The molecule has 138 valence electrons. The van der Waals surface area contributed by atoms with Crippen molar-refractivity contribution < 1.29 is 14.6 Å². The fourth-order valence-corrected chi connectivity index (χ4v) is 3.95. The van der Waals surface area contributed by atoms with Gasteiger partial charge in [0.2, 0.25) is 0 Å². The van der Waals surface area contributed by atoms with E-state index in [9.17, 15) is 9.90 Å². The van der Waals surface area contributed by atoms with Gasteiger partial charge in [-0.15, -0.1) is 0 Å². The third-order valence-corrected chi connectivity index (χ3v) is 5.19. The van der Waals surface area contributed by atoms with Crippen LogP contribution in [-0.2, 0) is 9.53 Å². The molecule has 1 aliphatic rings. The molecule has 0 aromatic rings. The van der Waals surface area contributed by atoms with Gasteiger partial charge in [0.05, 0.1) is 5.41 Å². The number of carbonyl (C=O) groups is 1. The number of methoxy groups -OCH3 is 1. The summed E-state index contributed by atoms with van der Waals surface area (Å²) >= 11 is 0. The van der Waals surface area contributed by atoms with E-state index in [-0.39, 0.29) is 5.92 Å². The monoisotopic (exact) mass is 336 g/mol. The lowest BCUT2D eigenvalue weighted by atomic mass is 9.63. The van der Waals surface area contributed by atoms with Crippen molar-refractivity contribution in [2.24, 2.45) is 11.3 Å². The molecule has 0 amide bonds. The number of ether oxygens (including phenoxy) is 1. The summed E-state index contributed by atoms with van der Waals surface area (Å²) in [6.45, 7) is 7.08. The molecule has 1 N–H and O–H groups in total. The zero-order chi connectivity index (χ0) is 18.0. The average molecular weight is 337 g/mol. The molecule has 0 spiro atoms. The fourth-order valence-electron chi connectivity index (χ4n) is 3.95. The van der Waals surface area contributed by atoms with E-state index in [4.69, 9.17) is 4.74 Å². The number of allylic oxidation sites excluding steroid dienone is 3. The molecule has 24 heavy (non-hydrogen) atoms. The molecule has 0 bridgehead atoms. The molecule has 0 aromatic heterocycles. The molecular weight excluding hydrogens is 300 g/mol. The van der Waals surface area contributed by atoms with Crippen molar-refractivity contribution in [1.82, 2.24) is 0 Å². The zero-order valence-electron chi connectivity index (χ0n) is 16.1. The minimum atomic E-state index is -0.756. The Morgan fingerprint density at radius 2 is 1.83 bits per heavy atom. The van der Waals surface area contributed by atoms with Crippen LogP contribution in [0.25, 0.3) is 0 Å². The predicted octanol–water partition coefficient (Wildman–Crippen LogP) is 5.76. The second-order valence-corrected chi connectivity index (χ2v) is 7.08. The summed E-state index contributed by atoms with van der Waals surface area (Å²) < 4.78 is 5.30. The van der Waals surface area contributed by atoms with Crippen LogP contribution in [0.4, 0.5) is 0 Å². The van der Waals surface area contributed by atoms with Gasteiger partial charge in [0.15, 0.2) is 0 Å². The molecule has 2 atom stereocenters. The molecule has 1 rings (SSSR count). The molecule has 1 aliphatic carbocycles. The van der Waals surface area contributed by atoms with Crippen molar-refractivity contribution in [3.05, 3.63) is 23.3 Å². The van der Waals surface area contributed by atoms with E-state index in [0.29, 0.717) is 13.0 Å². The van der Waals surface area contributed by atoms with Crippen LogP contribution in [0.2, 0.25) is 0 Å². The van der Waals surface area contributed by atoms with Crippen molar-refractivity contribution in [2.45, 2.75) is 78.6 Å². The van der Waals surface area contributed by atoms with Gasteiger partial charge < -0.3 is 9.84 Å². The summed E-state index contributed by atoms with van der Waals surface area (Å²) in [7, 11) is 1.70. The lowest BCUT2D eigenvalue weighted by Crippen LogP contribution is -2.40. The standard InChI is InChI=1S/C21H36O3/c1-5-8-10-17-15-18(11-9-6-2)19(12-14-24-4)21(16-17,13-7-3)20(22)23/h15-16,19H,5-14H2,1-4H3,(H,22,23). The van der Waals surface area contributed by atoms with Crippen LogP contribution in [-0.4, -0.2) is 24.8 Å². The Kier molecular flexibility index (Phi) is 9.35. The maximum absolute atomic E-state index is 12.4. The van der Waals surface area contributed by atoms with E-state index < -0.39 is 11.4 Å². The normalized spacial score (nSPS) is 23.8. The third kappa shape index (κ3) is 5.20. The highest BCUT2D eigenvalue weighted by atomic mass is 16.5. The highest BCUT2D eigenvalue weighted by Gasteiger charge is 2.46.